The van der Waals surface area contributed by atoms with Crippen molar-refractivity contribution in [2.45, 2.75) is 89.0 Å². The molecule has 1 spiro atoms. The minimum atomic E-state index is -1.11. The van der Waals surface area contributed by atoms with Gasteiger partial charge in [-0.05, 0) is 44.6 Å². The summed E-state index contributed by atoms with van der Waals surface area (Å²) in [7, 11) is 0. The molecule has 3 fully saturated rings. The molecular weight excluding hydrogens is 460 g/mol. The molecule has 1 aromatic rings. The van der Waals surface area contributed by atoms with Crippen molar-refractivity contribution >= 4 is 17.8 Å². The lowest BCUT2D eigenvalue weighted by atomic mass is 9.65. The molecule has 6 atom stereocenters. The van der Waals surface area contributed by atoms with Crippen LogP contribution in [0, 0.1) is 11.8 Å². The van der Waals surface area contributed by atoms with Crippen molar-refractivity contribution in [1.29, 1.82) is 0 Å². The molecule has 1 aromatic carbocycles. The van der Waals surface area contributed by atoms with Gasteiger partial charge >= 0.3 is 5.97 Å². The molecule has 0 aliphatic carbocycles. The Balaban J connectivity index is 1.73. The Morgan fingerprint density at radius 1 is 1.19 bits per heavy atom. The Hall–Kier alpha value is -2.45. The topological polar surface area (TPSA) is 105 Å². The van der Waals surface area contributed by atoms with Gasteiger partial charge in [0.25, 0.3) is 0 Å². The average Bonchev–Trinajstić information content (AvgIpc) is 3.49. The van der Waals surface area contributed by atoms with Gasteiger partial charge in [0.15, 0.2) is 0 Å². The number of aliphatic hydroxyl groups is 1. The minimum absolute atomic E-state index is 0.210. The van der Waals surface area contributed by atoms with E-state index in [1.54, 1.807) is 6.92 Å². The number of nitrogens with zero attached hydrogens (tertiary/aromatic N) is 1. The van der Waals surface area contributed by atoms with Crippen LogP contribution in [0.5, 0.6) is 0 Å². The number of benzene rings is 1. The summed E-state index contributed by atoms with van der Waals surface area (Å²) in [6, 6.07) is 8.09. The van der Waals surface area contributed by atoms with E-state index in [4.69, 9.17) is 9.47 Å². The summed E-state index contributed by atoms with van der Waals surface area (Å²) in [6.07, 6.45) is 4.93. The van der Waals surface area contributed by atoms with Gasteiger partial charge < -0.3 is 24.8 Å². The number of rotatable bonds is 12. The molecule has 0 aromatic heterocycles. The van der Waals surface area contributed by atoms with E-state index in [9.17, 15) is 19.5 Å². The standard InChI is InChI=1S/C28H40N2O6/c1-4-7-11-16-29-24(32)23-28-15-14-27(5-2,36-28)22(26(34)35-6-3)21(28)25(33)30(23)20(18-31)17-19-12-9-8-10-13-19/h8-10,12-13,20-23,31H,4-7,11,14-18H2,1-3H3,(H,29,32)/t20-,21+,22+,23?,27-,28?/m1/s1. The summed E-state index contributed by atoms with van der Waals surface area (Å²) in [5.41, 5.74) is -0.963. The Morgan fingerprint density at radius 3 is 2.58 bits per heavy atom. The number of hydrogen-bond acceptors (Lipinski definition) is 6. The Labute approximate surface area is 213 Å². The van der Waals surface area contributed by atoms with Gasteiger partial charge in [-0.15, -0.1) is 0 Å². The summed E-state index contributed by atoms with van der Waals surface area (Å²) < 4.78 is 12.1. The number of carbonyl (C=O) groups is 3. The zero-order chi connectivity index (χ0) is 25.9. The van der Waals surface area contributed by atoms with Gasteiger partial charge in [0.2, 0.25) is 11.8 Å². The van der Waals surface area contributed by atoms with Crippen molar-refractivity contribution in [3.05, 3.63) is 35.9 Å². The second-order valence-electron chi connectivity index (χ2n) is 10.4. The molecule has 2 bridgehead atoms. The predicted octanol–water partition coefficient (Wildman–Crippen LogP) is 2.61. The summed E-state index contributed by atoms with van der Waals surface area (Å²) >= 11 is 0. The van der Waals surface area contributed by atoms with Crippen LogP contribution in [0.3, 0.4) is 0 Å². The SMILES string of the molecule is CCCCCNC(=O)C1N([C@@H](CO)Cc2ccccc2)C(=O)[C@@H]2[C@@H](C(=O)OCC)[C@@]3(CC)CCC12O3. The molecule has 3 aliphatic rings. The fraction of sp³-hybridized carbons (Fsp3) is 0.679. The highest BCUT2D eigenvalue weighted by molar-refractivity contribution is 5.98. The molecule has 2 unspecified atom stereocenters. The molecular formula is C28H40N2O6. The smallest absolute Gasteiger partial charge is 0.312 e. The molecule has 3 heterocycles. The highest BCUT2D eigenvalue weighted by Crippen LogP contribution is 2.64. The van der Waals surface area contributed by atoms with E-state index in [1.807, 2.05) is 37.3 Å². The lowest BCUT2D eigenvalue weighted by molar-refractivity contribution is -0.161. The van der Waals surface area contributed by atoms with E-state index in [0.29, 0.717) is 32.2 Å². The van der Waals surface area contributed by atoms with Gasteiger partial charge in [-0.1, -0.05) is 57.0 Å². The first-order valence-corrected chi connectivity index (χ1v) is 13.5. The normalized spacial score (nSPS) is 31.4. The first-order valence-electron chi connectivity index (χ1n) is 13.5. The van der Waals surface area contributed by atoms with Crippen molar-refractivity contribution in [3.8, 4) is 0 Å². The number of ether oxygens (including phenoxy) is 2. The minimum Gasteiger partial charge on any atom is -0.466 e. The van der Waals surface area contributed by atoms with Crippen LogP contribution < -0.4 is 5.32 Å². The number of nitrogens with one attached hydrogen (secondary N) is 1. The van der Waals surface area contributed by atoms with Crippen molar-refractivity contribution < 1.29 is 29.0 Å². The fourth-order valence-electron chi connectivity index (χ4n) is 6.76. The number of aliphatic hydroxyl groups excluding tert-OH is 1. The second kappa shape index (κ2) is 10.9. The van der Waals surface area contributed by atoms with Crippen LogP contribution in [0.1, 0.15) is 64.9 Å². The highest BCUT2D eigenvalue weighted by Gasteiger charge is 2.79. The monoisotopic (exact) mass is 500 g/mol. The molecule has 2 N–H and O–H groups in total. The molecule has 3 aliphatic heterocycles. The van der Waals surface area contributed by atoms with Crippen molar-refractivity contribution in [2.24, 2.45) is 11.8 Å². The summed E-state index contributed by atoms with van der Waals surface area (Å²) in [5.74, 6) is -2.58. The van der Waals surface area contributed by atoms with Crippen LogP contribution >= 0.6 is 0 Å². The first kappa shape index (κ1) is 26.6. The molecule has 0 saturated carbocycles. The summed E-state index contributed by atoms with van der Waals surface area (Å²) in [6.45, 7) is 6.22. The molecule has 4 rings (SSSR count). The van der Waals surface area contributed by atoms with E-state index in [2.05, 4.69) is 12.2 Å². The maximum atomic E-state index is 14.2. The van der Waals surface area contributed by atoms with E-state index in [1.165, 1.54) is 4.90 Å². The molecule has 8 heteroatoms. The van der Waals surface area contributed by atoms with Crippen LogP contribution in [0.25, 0.3) is 0 Å². The predicted molar refractivity (Wildman–Crippen MR) is 134 cm³/mol. The number of carbonyl (C=O) groups excluding carboxylic acids is 3. The maximum Gasteiger partial charge on any atom is 0.312 e. The van der Waals surface area contributed by atoms with Gasteiger partial charge in [0.1, 0.15) is 17.6 Å². The molecule has 0 radical (unpaired) electrons. The second-order valence-corrected chi connectivity index (χ2v) is 10.4. The molecule has 2 amide bonds. The van der Waals surface area contributed by atoms with Gasteiger partial charge in [-0.2, -0.15) is 0 Å². The van der Waals surface area contributed by atoms with Crippen molar-refractivity contribution in [2.75, 3.05) is 19.8 Å². The average molecular weight is 501 g/mol. The zero-order valence-electron chi connectivity index (χ0n) is 21.7. The first-order chi connectivity index (χ1) is 17.4. The fourth-order valence-corrected chi connectivity index (χ4v) is 6.76. The summed E-state index contributed by atoms with van der Waals surface area (Å²) in [5, 5.41) is 13.5. The lowest BCUT2D eigenvalue weighted by Crippen LogP contribution is -2.58. The summed E-state index contributed by atoms with van der Waals surface area (Å²) in [4.78, 5) is 42.7. The lowest BCUT2D eigenvalue weighted by Gasteiger charge is -2.37. The molecule has 198 valence electrons. The largest absolute Gasteiger partial charge is 0.466 e. The van der Waals surface area contributed by atoms with E-state index >= 15 is 0 Å². The van der Waals surface area contributed by atoms with E-state index in [-0.39, 0.29) is 25.0 Å². The van der Waals surface area contributed by atoms with Crippen LogP contribution in [0.2, 0.25) is 0 Å². The quantitative estimate of drug-likeness (QED) is 0.338. The van der Waals surface area contributed by atoms with E-state index in [0.717, 1.165) is 24.8 Å². The van der Waals surface area contributed by atoms with Gasteiger partial charge in [0.05, 0.1) is 30.8 Å². The Morgan fingerprint density at radius 2 is 1.94 bits per heavy atom. The maximum absolute atomic E-state index is 14.2. The van der Waals surface area contributed by atoms with Crippen molar-refractivity contribution in [3.63, 3.8) is 0 Å². The van der Waals surface area contributed by atoms with Gasteiger partial charge in [0, 0.05) is 6.54 Å². The van der Waals surface area contributed by atoms with Gasteiger partial charge in [-0.25, -0.2) is 0 Å². The number of unbranched alkanes of at least 4 members (excludes halogenated alkanes) is 2. The van der Waals surface area contributed by atoms with Crippen LogP contribution in [-0.4, -0.2) is 70.8 Å². The van der Waals surface area contributed by atoms with Gasteiger partial charge in [-0.3, -0.25) is 14.4 Å². The van der Waals surface area contributed by atoms with E-state index < -0.39 is 41.1 Å². The molecule has 36 heavy (non-hydrogen) atoms. The number of fused-ring (bicyclic) bond motifs is 1. The zero-order valence-corrected chi connectivity index (χ0v) is 21.7. The number of esters is 1. The highest BCUT2D eigenvalue weighted by atomic mass is 16.6. The number of likely N-dealkylation sites (tertiary alicyclic amines) is 1. The molecule has 8 nitrogen and oxygen atoms in total. The van der Waals surface area contributed by atoms with Crippen molar-refractivity contribution in [1.82, 2.24) is 10.2 Å². The Bertz CT molecular complexity index is 955. The van der Waals surface area contributed by atoms with Crippen LogP contribution in [-0.2, 0) is 30.3 Å². The number of hydrogen-bond donors (Lipinski definition) is 2. The third-order valence-electron chi connectivity index (χ3n) is 8.41. The van der Waals surface area contributed by atoms with Crippen LogP contribution in [0.15, 0.2) is 30.3 Å². The number of amides is 2. The Kier molecular flexibility index (Phi) is 8.05. The third-order valence-corrected chi connectivity index (χ3v) is 8.41. The molecule has 3 saturated heterocycles. The van der Waals surface area contributed by atoms with Crippen LogP contribution in [0.4, 0.5) is 0 Å². The third kappa shape index (κ3) is 4.32.